The molecule has 110 valence electrons. The van der Waals surface area contributed by atoms with Crippen LogP contribution < -0.4 is 10.6 Å². The van der Waals surface area contributed by atoms with Crippen LogP contribution >= 0.6 is 0 Å². The van der Waals surface area contributed by atoms with Gasteiger partial charge < -0.3 is 15.5 Å². The van der Waals surface area contributed by atoms with E-state index in [4.69, 9.17) is 0 Å². The SMILES string of the molecule is O=C(Nc1cnn(C2CCNCC2)c1)N1CCCCC1. The standard InChI is InChI=1S/C14H23N5O/c20-14(18-8-2-1-3-9-18)17-12-10-16-19(11-12)13-4-6-15-7-5-13/h10-11,13,15H,1-9H2,(H,17,20). The first-order chi connectivity index (χ1) is 9.83. The van der Waals surface area contributed by atoms with Crippen LogP contribution in [-0.2, 0) is 0 Å². The molecule has 2 fully saturated rings. The molecule has 20 heavy (non-hydrogen) atoms. The number of urea groups is 1. The van der Waals surface area contributed by atoms with Gasteiger partial charge in [0.1, 0.15) is 0 Å². The number of carbonyl (C=O) groups is 1. The van der Waals surface area contributed by atoms with Crippen LogP contribution in [-0.4, -0.2) is 46.9 Å². The van der Waals surface area contributed by atoms with E-state index in [9.17, 15) is 4.79 Å². The molecule has 6 nitrogen and oxygen atoms in total. The predicted octanol–water partition coefficient (Wildman–Crippen LogP) is 1.83. The van der Waals surface area contributed by atoms with Crippen molar-refractivity contribution in [2.24, 2.45) is 0 Å². The number of anilines is 1. The number of nitrogens with one attached hydrogen (secondary N) is 2. The molecule has 0 saturated carbocycles. The highest BCUT2D eigenvalue weighted by atomic mass is 16.2. The van der Waals surface area contributed by atoms with Crippen LogP contribution in [0.4, 0.5) is 10.5 Å². The van der Waals surface area contributed by atoms with E-state index >= 15 is 0 Å². The summed E-state index contributed by atoms with van der Waals surface area (Å²) in [7, 11) is 0. The van der Waals surface area contributed by atoms with E-state index in [-0.39, 0.29) is 6.03 Å². The molecule has 1 aromatic heterocycles. The molecule has 2 aliphatic rings. The molecule has 2 N–H and O–H groups in total. The molecule has 2 amide bonds. The van der Waals surface area contributed by atoms with Gasteiger partial charge in [0.05, 0.1) is 17.9 Å². The number of nitrogens with zero attached hydrogens (tertiary/aromatic N) is 3. The van der Waals surface area contributed by atoms with Gasteiger partial charge in [-0.3, -0.25) is 4.68 Å². The number of aromatic nitrogens is 2. The fourth-order valence-electron chi connectivity index (χ4n) is 2.97. The van der Waals surface area contributed by atoms with Crippen molar-refractivity contribution in [3.63, 3.8) is 0 Å². The lowest BCUT2D eigenvalue weighted by molar-refractivity contribution is 0.200. The molecular formula is C14H23N5O. The van der Waals surface area contributed by atoms with E-state index in [0.717, 1.165) is 57.5 Å². The molecule has 0 atom stereocenters. The lowest BCUT2D eigenvalue weighted by Gasteiger charge is -2.26. The fraction of sp³-hybridized carbons (Fsp3) is 0.714. The van der Waals surface area contributed by atoms with Gasteiger partial charge in [-0.25, -0.2) is 4.79 Å². The number of hydrogen-bond acceptors (Lipinski definition) is 3. The molecule has 1 aromatic rings. The first-order valence-corrected chi connectivity index (χ1v) is 7.64. The van der Waals surface area contributed by atoms with E-state index in [1.165, 1.54) is 6.42 Å². The molecule has 0 aromatic carbocycles. The summed E-state index contributed by atoms with van der Waals surface area (Å²) in [4.78, 5) is 14.0. The van der Waals surface area contributed by atoms with Gasteiger partial charge in [-0.2, -0.15) is 5.10 Å². The third kappa shape index (κ3) is 3.12. The third-order valence-corrected chi connectivity index (χ3v) is 4.18. The zero-order valence-corrected chi connectivity index (χ0v) is 11.8. The maximum absolute atomic E-state index is 12.1. The summed E-state index contributed by atoms with van der Waals surface area (Å²) in [6.45, 7) is 3.82. The Balaban J connectivity index is 1.57. The smallest absolute Gasteiger partial charge is 0.321 e. The Morgan fingerprint density at radius 1 is 1.25 bits per heavy atom. The topological polar surface area (TPSA) is 62.2 Å². The van der Waals surface area contributed by atoms with Crippen LogP contribution in [0, 0.1) is 0 Å². The summed E-state index contributed by atoms with van der Waals surface area (Å²) in [5.41, 5.74) is 0.805. The molecule has 0 unspecified atom stereocenters. The normalized spacial score (nSPS) is 20.9. The van der Waals surface area contributed by atoms with E-state index in [1.807, 2.05) is 15.8 Å². The highest BCUT2D eigenvalue weighted by Gasteiger charge is 2.19. The quantitative estimate of drug-likeness (QED) is 0.867. The fourth-order valence-corrected chi connectivity index (χ4v) is 2.97. The maximum Gasteiger partial charge on any atom is 0.321 e. The molecule has 0 bridgehead atoms. The molecular weight excluding hydrogens is 254 g/mol. The molecule has 0 spiro atoms. The average molecular weight is 277 g/mol. The Bertz CT molecular complexity index is 446. The number of hydrogen-bond donors (Lipinski definition) is 2. The average Bonchev–Trinajstić information content (AvgIpc) is 2.97. The van der Waals surface area contributed by atoms with Crippen LogP contribution in [0.15, 0.2) is 12.4 Å². The Kier molecular flexibility index (Phi) is 4.20. The second-order valence-corrected chi connectivity index (χ2v) is 5.67. The zero-order valence-electron chi connectivity index (χ0n) is 11.8. The van der Waals surface area contributed by atoms with E-state index in [0.29, 0.717) is 6.04 Å². The molecule has 3 heterocycles. The molecule has 3 rings (SSSR count). The highest BCUT2D eigenvalue weighted by Crippen LogP contribution is 2.20. The van der Waals surface area contributed by atoms with E-state index in [1.54, 1.807) is 6.20 Å². The van der Waals surface area contributed by atoms with Gasteiger partial charge in [0, 0.05) is 19.3 Å². The van der Waals surface area contributed by atoms with Gasteiger partial charge in [0.15, 0.2) is 0 Å². The van der Waals surface area contributed by atoms with Gasteiger partial charge >= 0.3 is 6.03 Å². The van der Waals surface area contributed by atoms with Gasteiger partial charge in [-0.15, -0.1) is 0 Å². The minimum atomic E-state index is 0.00885. The summed E-state index contributed by atoms with van der Waals surface area (Å²) in [6.07, 6.45) is 9.37. The van der Waals surface area contributed by atoms with Crippen molar-refractivity contribution in [3.8, 4) is 0 Å². The van der Waals surface area contributed by atoms with Gasteiger partial charge in [0.25, 0.3) is 0 Å². The van der Waals surface area contributed by atoms with Crippen molar-refractivity contribution in [1.82, 2.24) is 20.0 Å². The van der Waals surface area contributed by atoms with Gasteiger partial charge in [0.2, 0.25) is 0 Å². The third-order valence-electron chi connectivity index (χ3n) is 4.18. The van der Waals surface area contributed by atoms with Gasteiger partial charge in [-0.1, -0.05) is 0 Å². The largest absolute Gasteiger partial charge is 0.325 e. The van der Waals surface area contributed by atoms with Crippen LogP contribution in [0.2, 0.25) is 0 Å². The van der Waals surface area contributed by atoms with Crippen LogP contribution in [0.25, 0.3) is 0 Å². The first kappa shape index (κ1) is 13.4. The number of amides is 2. The summed E-state index contributed by atoms with van der Waals surface area (Å²) in [5.74, 6) is 0. The first-order valence-electron chi connectivity index (χ1n) is 7.64. The van der Waals surface area contributed by atoms with Crippen LogP contribution in [0.5, 0.6) is 0 Å². The molecule has 0 radical (unpaired) electrons. The van der Waals surface area contributed by atoms with E-state index < -0.39 is 0 Å². The van der Waals surface area contributed by atoms with Crippen LogP contribution in [0.1, 0.15) is 38.1 Å². The van der Waals surface area contributed by atoms with E-state index in [2.05, 4.69) is 15.7 Å². The molecule has 6 heteroatoms. The Hall–Kier alpha value is -1.56. The Morgan fingerprint density at radius 3 is 2.75 bits per heavy atom. The van der Waals surface area contributed by atoms with Crippen molar-refractivity contribution in [1.29, 1.82) is 0 Å². The van der Waals surface area contributed by atoms with Crippen molar-refractivity contribution < 1.29 is 4.79 Å². The lowest BCUT2D eigenvalue weighted by Crippen LogP contribution is -2.38. The van der Waals surface area contributed by atoms with Crippen molar-refractivity contribution in [3.05, 3.63) is 12.4 Å². The number of rotatable bonds is 2. The minimum Gasteiger partial charge on any atom is -0.325 e. The lowest BCUT2D eigenvalue weighted by atomic mass is 10.1. The van der Waals surface area contributed by atoms with Crippen LogP contribution in [0.3, 0.4) is 0 Å². The summed E-state index contributed by atoms with van der Waals surface area (Å²) < 4.78 is 1.99. The Morgan fingerprint density at radius 2 is 2.00 bits per heavy atom. The Labute approximate surface area is 119 Å². The van der Waals surface area contributed by atoms with Crippen molar-refractivity contribution in [2.75, 3.05) is 31.5 Å². The summed E-state index contributed by atoms with van der Waals surface area (Å²) in [5, 5.41) is 10.7. The van der Waals surface area contributed by atoms with Gasteiger partial charge in [-0.05, 0) is 45.2 Å². The predicted molar refractivity (Wildman–Crippen MR) is 77.8 cm³/mol. The second-order valence-electron chi connectivity index (χ2n) is 5.67. The maximum atomic E-state index is 12.1. The summed E-state index contributed by atoms with van der Waals surface area (Å²) in [6, 6.07) is 0.464. The number of carbonyl (C=O) groups excluding carboxylic acids is 1. The number of piperidine rings is 2. The number of likely N-dealkylation sites (tertiary alicyclic amines) is 1. The monoisotopic (exact) mass is 277 g/mol. The molecule has 2 saturated heterocycles. The van der Waals surface area contributed by atoms with Crippen molar-refractivity contribution in [2.45, 2.75) is 38.1 Å². The van der Waals surface area contributed by atoms with Crippen molar-refractivity contribution >= 4 is 11.7 Å². The highest BCUT2D eigenvalue weighted by molar-refractivity contribution is 5.89. The molecule has 0 aliphatic carbocycles. The minimum absolute atomic E-state index is 0.00885. The zero-order chi connectivity index (χ0) is 13.8. The second kappa shape index (κ2) is 6.26. The molecule has 2 aliphatic heterocycles. The summed E-state index contributed by atoms with van der Waals surface area (Å²) >= 11 is 0.